The van der Waals surface area contributed by atoms with Crippen LogP contribution in [0.4, 0.5) is 0 Å². The van der Waals surface area contributed by atoms with E-state index in [0.29, 0.717) is 11.1 Å². The molecule has 0 fully saturated rings. The van der Waals surface area contributed by atoms with Gasteiger partial charge in [0.25, 0.3) is 0 Å². The zero-order chi connectivity index (χ0) is 27.4. The van der Waals surface area contributed by atoms with Gasteiger partial charge >= 0.3 is 0 Å². The fraction of sp³-hybridized carbons (Fsp3) is 0. The summed E-state index contributed by atoms with van der Waals surface area (Å²) in [5.41, 5.74) is 1.17. The Kier molecular flexibility index (Phi) is 7.16. The molecule has 0 spiro atoms. The van der Waals surface area contributed by atoms with Gasteiger partial charge in [-0.05, 0) is 65.7 Å². The van der Waals surface area contributed by atoms with E-state index in [2.05, 4.69) is 0 Å². The molecule has 4 rings (SSSR count). The summed E-state index contributed by atoms with van der Waals surface area (Å²) in [6.45, 7) is 0. The number of ketones is 2. The van der Waals surface area contributed by atoms with Gasteiger partial charge < -0.3 is 30.6 Å². The van der Waals surface area contributed by atoms with Crippen LogP contribution >= 0.6 is 0 Å². The van der Waals surface area contributed by atoms with Gasteiger partial charge in [0.2, 0.25) is 0 Å². The lowest BCUT2D eigenvalue weighted by molar-refractivity contribution is 0.103. The maximum absolute atomic E-state index is 12.8. The second-order valence-electron chi connectivity index (χ2n) is 8.35. The van der Waals surface area contributed by atoms with Gasteiger partial charge in [-0.1, -0.05) is 30.4 Å². The topological polar surface area (TPSA) is 156 Å². The molecule has 0 aromatic heterocycles. The molecule has 0 heterocycles. The van der Waals surface area contributed by atoms with Crippen molar-refractivity contribution in [2.24, 2.45) is 0 Å². The highest BCUT2D eigenvalue weighted by Crippen LogP contribution is 2.40. The van der Waals surface area contributed by atoms with Gasteiger partial charge in [0.1, 0.15) is 34.5 Å². The summed E-state index contributed by atoms with van der Waals surface area (Å²) in [4.78, 5) is 25.3. The lowest BCUT2D eigenvalue weighted by Gasteiger charge is -2.11. The number of allylic oxidation sites excluding steroid dienone is 2. The molecule has 4 aromatic carbocycles. The molecule has 0 amide bonds. The minimum atomic E-state index is -0.563. The molecule has 190 valence electrons. The summed E-state index contributed by atoms with van der Waals surface area (Å²) < 4.78 is 0. The van der Waals surface area contributed by atoms with Crippen LogP contribution in [-0.4, -0.2) is 42.2 Å². The highest BCUT2D eigenvalue weighted by molar-refractivity contribution is 6.10. The Labute approximate surface area is 217 Å². The predicted octanol–water partition coefficient (Wildman–Crippen LogP) is 5.38. The van der Waals surface area contributed by atoms with Crippen molar-refractivity contribution in [2.75, 3.05) is 0 Å². The second kappa shape index (κ2) is 10.6. The number of phenols is 6. The van der Waals surface area contributed by atoms with E-state index in [9.17, 15) is 40.2 Å². The van der Waals surface area contributed by atoms with Crippen LogP contribution in [0.3, 0.4) is 0 Å². The van der Waals surface area contributed by atoms with E-state index in [1.165, 1.54) is 72.8 Å². The first kappa shape index (κ1) is 25.6. The molecule has 8 nitrogen and oxygen atoms in total. The average molecular weight is 510 g/mol. The second-order valence-corrected chi connectivity index (χ2v) is 8.35. The molecular formula is C30H22O8. The molecule has 0 aliphatic heterocycles. The maximum atomic E-state index is 12.8. The smallest absolute Gasteiger partial charge is 0.189 e. The molecule has 0 unspecified atom stereocenters. The Morgan fingerprint density at radius 3 is 1.71 bits per heavy atom. The van der Waals surface area contributed by atoms with Crippen LogP contribution in [0.2, 0.25) is 0 Å². The van der Waals surface area contributed by atoms with E-state index in [4.69, 9.17) is 0 Å². The largest absolute Gasteiger partial charge is 0.508 e. The minimum absolute atomic E-state index is 0.0160. The third kappa shape index (κ3) is 5.66. The average Bonchev–Trinajstić information content (AvgIpc) is 2.88. The highest BCUT2D eigenvalue weighted by Gasteiger charge is 2.17. The van der Waals surface area contributed by atoms with Crippen molar-refractivity contribution in [2.45, 2.75) is 0 Å². The Hall–Kier alpha value is -5.50. The van der Waals surface area contributed by atoms with Gasteiger partial charge in [0, 0.05) is 23.3 Å². The summed E-state index contributed by atoms with van der Waals surface area (Å²) in [6.07, 6.45) is 5.36. The molecule has 38 heavy (non-hydrogen) atoms. The molecule has 0 aliphatic rings. The van der Waals surface area contributed by atoms with Crippen molar-refractivity contribution >= 4 is 23.7 Å². The van der Waals surface area contributed by atoms with Gasteiger partial charge in [0.05, 0.1) is 11.1 Å². The van der Waals surface area contributed by atoms with Crippen molar-refractivity contribution in [3.05, 3.63) is 107 Å². The fourth-order valence-electron chi connectivity index (χ4n) is 3.70. The zero-order valence-electron chi connectivity index (χ0n) is 19.7. The van der Waals surface area contributed by atoms with E-state index >= 15 is 0 Å². The Balaban J connectivity index is 1.64. The number of carbonyl (C=O) groups is 2. The van der Waals surface area contributed by atoms with Crippen molar-refractivity contribution < 1.29 is 40.2 Å². The van der Waals surface area contributed by atoms with Gasteiger partial charge in [-0.3, -0.25) is 9.59 Å². The van der Waals surface area contributed by atoms with Gasteiger partial charge in [0.15, 0.2) is 11.6 Å². The fourth-order valence-corrected chi connectivity index (χ4v) is 3.70. The zero-order valence-corrected chi connectivity index (χ0v) is 19.7. The molecular weight excluding hydrogens is 488 g/mol. The first-order valence-corrected chi connectivity index (χ1v) is 11.3. The molecule has 0 radical (unpaired) electrons. The number of phenolic OH excluding ortho intramolecular Hbond substituents is 6. The SMILES string of the molecule is O=C(C=Cc1ccc(O)c(-c2cc(C(=O)C=Cc3ccc(O)cc3)c(O)cc2O)c1)c1ccc(O)cc1O. The van der Waals surface area contributed by atoms with Crippen LogP contribution in [0, 0.1) is 0 Å². The number of benzene rings is 4. The van der Waals surface area contributed by atoms with Crippen LogP contribution in [-0.2, 0) is 0 Å². The Bertz CT molecular complexity index is 1600. The first-order valence-electron chi connectivity index (χ1n) is 11.3. The summed E-state index contributed by atoms with van der Waals surface area (Å²) in [7, 11) is 0. The number of aromatic hydroxyl groups is 6. The van der Waals surface area contributed by atoms with E-state index in [0.717, 1.165) is 12.1 Å². The lowest BCUT2D eigenvalue weighted by atomic mass is 9.96. The standard InChI is InChI=1S/C30H22O8/c31-19-6-1-17(2-7-19)3-10-27(35)24-15-23(29(37)16-30(24)38)22-13-18(5-12-26(22)34)4-11-25(33)21-9-8-20(32)14-28(21)36/h1-16,31-32,34,36-38H. The number of hydrogen-bond acceptors (Lipinski definition) is 8. The molecule has 6 N–H and O–H groups in total. The molecule has 0 saturated heterocycles. The number of rotatable bonds is 7. The van der Waals surface area contributed by atoms with Gasteiger partial charge in [-0.25, -0.2) is 0 Å². The lowest BCUT2D eigenvalue weighted by Crippen LogP contribution is -1.97. The first-order chi connectivity index (χ1) is 18.1. The summed E-state index contributed by atoms with van der Waals surface area (Å²) in [5, 5.41) is 59.9. The maximum Gasteiger partial charge on any atom is 0.189 e. The monoisotopic (exact) mass is 510 g/mol. The molecule has 0 atom stereocenters. The van der Waals surface area contributed by atoms with E-state index < -0.39 is 17.3 Å². The summed E-state index contributed by atoms with van der Waals surface area (Å²) >= 11 is 0. The van der Waals surface area contributed by atoms with E-state index in [1.54, 1.807) is 12.1 Å². The Morgan fingerprint density at radius 2 is 1.03 bits per heavy atom. The summed E-state index contributed by atoms with van der Waals surface area (Å²) in [6, 6.07) is 16.3. The quantitative estimate of drug-likeness (QED) is 0.143. The van der Waals surface area contributed by atoms with Crippen LogP contribution < -0.4 is 0 Å². The predicted molar refractivity (Wildman–Crippen MR) is 141 cm³/mol. The third-order valence-corrected chi connectivity index (χ3v) is 5.68. The van der Waals surface area contributed by atoms with Crippen LogP contribution in [0.25, 0.3) is 23.3 Å². The van der Waals surface area contributed by atoms with Crippen LogP contribution in [0.1, 0.15) is 31.8 Å². The van der Waals surface area contributed by atoms with E-state index in [1.807, 2.05) is 0 Å². The number of carbonyl (C=O) groups excluding carboxylic acids is 2. The van der Waals surface area contributed by atoms with Gasteiger partial charge in [-0.2, -0.15) is 0 Å². The van der Waals surface area contributed by atoms with Crippen molar-refractivity contribution in [3.63, 3.8) is 0 Å². The Morgan fingerprint density at radius 1 is 0.474 bits per heavy atom. The number of hydrogen-bond donors (Lipinski definition) is 6. The molecule has 4 aromatic rings. The van der Waals surface area contributed by atoms with Crippen molar-refractivity contribution in [1.29, 1.82) is 0 Å². The van der Waals surface area contributed by atoms with Gasteiger partial charge in [-0.15, -0.1) is 0 Å². The molecule has 8 heteroatoms. The third-order valence-electron chi connectivity index (χ3n) is 5.68. The normalized spacial score (nSPS) is 11.3. The van der Waals surface area contributed by atoms with Crippen LogP contribution in [0.15, 0.2) is 84.9 Å². The van der Waals surface area contributed by atoms with Crippen molar-refractivity contribution in [1.82, 2.24) is 0 Å². The molecule has 0 bridgehead atoms. The highest BCUT2D eigenvalue weighted by atomic mass is 16.3. The van der Waals surface area contributed by atoms with E-state index in [-0.39, 0.29) is 51.0 Å². The summed E-state index contributed by atoms with van der Waals surface area (Å²) in [5.74, 6) is -2.64. The van der Waals surface area contributed by atoms with Crippen molar-refractivity contribution in [3.8, 4) is 45.6 Å². The molecule has 0 aliphatic carbocycles. The molecule has 0 saturated carbocycles. The van der Waals surface area contributed by atoms with Crippen LogP contribution in [0.5, 0.6) is 34.5 Å². The minimum Gasteiger partial charge on any atom is -0.508 e.